The van der Waals surface area contributed by atoms with Crippen LogP contribution in [0.3, 0.4) is 0 Å². The maximum absolute atomic E-state index is 13.4. The van der Waals surface area contributed by atoms with Crippen molar-refractivity contribution >= 4 is 38.4 Å². The van der Waals surface area contributed by atoms with Gasteiger partial charge in [-0.2, -0.15) is 0 Å². The summed E-state index contributed by atoms with van der Waals surface area (Å²) in [6.07, 6.45) is 3.51. The van der Waals surface area contributed by atoms with Gasteiger partial charge in [-0.15, -0.1) is 10.2 Å². The predicted octanol–water partition coefficient (Wildman–Crippen LogP) is 4.14. The summed E-state index contributed by atoms with van der Waals surface area (Å²) >= 11 is 4.61. The van der Waals surface area contributed by atoms with Crippen LogP contribution >= 0.6 is 27.3 Å². The van der Waals surface area contributed by atoms with Gasteiger partial charge in [0.15, 0.2) is 0 Å². The van der Waals surface area contributed by atoms with Gasteiger partial charge in [-0.3, -0.25) is 5.32 Å². The van der Waals surface area contributed by atoms with Crippen molar-refractivity contribution in [2.24, 2.45) is 0 Å². The normalized spacial score (nSPS) is 19.2. The molecule has 1 aliphatic carbocycles. The van der Waals surface area contributed by atoms with Crippen molar-refractivity contribution in [2.45, 2.75) is 37.1 Å². The van der Waals surface area contributed by atoms with Crippen LogP contribution in [0.25, 0.3) is 0 Å². The molecule has 0 radical (unpaired) electrons. The molecule has 1 saturated heterocycles. The van der Waals surface area contributed by atoms with Gasteiger partial charge in [0, 0.05) is 19.1 Å². The minimum Gasteiger partial charge on any atom is -0.381 e. The molecule has 2 N–H and O–H groups in total. The number of nitrogens with zero attached hydrogens (tertiary/aromatic N) is 2. The lowest BCUT2D eigenvalue weighted by Gasteiger charge is -2.19. The Hall–Kier alpha value is -1.58. The molecular weight excluding hydrogens is 423 g/mol. The molecule has 2 aliphatic rings. The van der Waals surface area contributed by atoms with Gasteiger partial charge in [0.25, 0.3) is 0 Å². The van der Waals surface area contributed by atoms with Crippen LogP contribution in [0.15, 0.2) is 22.7 Å². The van der Waals surface area contributed by atoms with E-state index in [4.69, 9.17) is 4.74 Å². The number of halogens is 2. The number of benzene rings is 1. The molecule has 2 amide bonds. The standard InChI is InChI=1S/C17H18BrFN4O2S/c18-12-9-11(1-2-13(12)19)17(5-6-17)21-15(24)20-16-23-22-14(26-16)10-3-7-25-8-4-10/h1-2,9-10H,3-8H2,(H2,20,21,23,24). The summed E-state index contributed by atoms with van der Waals surface area (Å²) in [5.74, 6) is 0.0368. The van der Waals surface area contributed by atoms with Gasteiger partial charge in [0.2, 0.25) is 5.13 Å². The van der Waals surface area contributed by atoms with E-state index in [1.54, 1.807) is 12.1 Å². The van der Waals surface area contributed by atoms with E-state index in [2.05, 4.69) is 36.8 Å². The molecule has 0 spiro atoms. The van der Waals surface area contributed by atoms with E-state index in [-0.39, 0.29) is 11.8 Å². The third kappa shape index (κ3) is 3.74. The molecule has 1 aromatic heterocycles. The summed E-state index contributed by atoms with van der Waals surface area (Å²) in [5, 5.41) is 15.5. The Balaban J connectivity index is 1.39. The number of rotatable bonds is 4. The van der Waals surface area contributed by atoms with Crippen molar-refractivity contribution in [2.75, 3.05) is 18.5 Å². The Morgan fingerprint density at radius 1 is 1.31 bits per heavy atom. The van der Waals surface area contributed by atoms with Gasteiger partial charge >= 0.3 is 6.03 Å². The van der Waals surface area contributed by atoms with Gasteiger partial charge < -0.3 is 10.1 Å². The number of aromatic nitrogens is 2. The van der Waals surface area contributed by atoms with Crippen LogP contribution in [0.2, 0.25) is 0 Å². The quantitative estimate of drug-likeness (QED) is 0.748. The lowest BCUT2D eigenvalue weighted by Crippen LogP contribution is -2.38. The molecule has 138 valence electrons. The fourth-order valence-electron chi connectivity index (χ4n) is 3.14. The molecule has 2 fully saturated rings. The van der Waals surface area contributed by atoms with Crippen molar-refractivity contribution < 1.29 is 13.9 Å². The number of carbonyl (C=O) groups excluding carboxylic acids is 1. The lowest BCUT2D eigenvalue weighted by molar-refractivity contribution is 0.0851. The molecule has 1 aliphatic heterocycles. The van der Waals surface area contributed by atoms with Gasteiger partial charge in [0.1, 0.15) is 10.8 Å². The second-order valence-corrected chi connectivity index (χ2v) is 8.49. The molecule has 2 heterocycles. The zero-order valence-electron chi connectivity index (χ0n) is 13.9. The molecule has 0 bridgehead atoms. The second kappa shape index (κ2) is 7.21. The number of hydrogen-bond acceptors (Lipinski definition) is 5. The fraction of sp³-hybridized carbons (Fsp3) is 0.471. The number of carbonyl (C=O) groups is 1. The Morgan fingerprint density at radius 3 is 2.77 bits per heavy atom. The predicted molar refractivity (Wildman–Crippen MR) is 99.9 cm³/mol. The molecule has 0 unspecified atom stereocenters. The van der Waals surface area contributed by atoms with Crippen LogP contribution in [0.4, 0.5) is 14.3 Å². The Kier molecular flexibility index (Phi) is 4.94. The van der Waals surface area contributed by atoms with E-state index in [1.807, 2.05) is 0 Å². The first kappa shape index (κ1) is 17.8. The number of nitrogens with one attached hydrogen (secondary N) is 2. The highest BCUT2D eigenvalue weighted by molar-refractivity contribution is 9.10. The third-order valence-corrected chi connectivity index (χ3v) is 6.42. The maximum atomic E-state index is 13.4. The van der Waals surface area contributed by atoms with E-state index in [9.17, 15) is 9.18 Å². The van der Waals surface area contributed by atoms with Crippen LogP contribution in [0.5, 0.6) is 0 Å². The van der Waals surface area contributed by atoms with Crippen LogP contribution < -0.4 is 10.6 Å². The van der Waals surface area contributed by atoms with Gasteiger partial charge in [-0.05, 0) is 59.3 Å². The van der Waals surface area contributed by atoms with E-state index in [0.717, 1.165) is 49.5 Å². The first-order valence-electron chi connectivity index (χ1n) is 8.52. The van der Waals surface area contributed by atoms with Gasteiger partial charge in [-0.1, -0.05) is 17.4 Å². The first-order valence-corrected chi connectivity index (χ1v) is 10.1. The minimum atomic E-state index is -0.436. The van der Waals surface area contributed by atoms with Crippen molar-refractivity contribution in [3.05, 3.63) is 39.1 Å². The molecule has 0 atom stereocenters. The Morgan fingerprint density at radius 2 is 2.08 bits per heavy atom. The minimum absolute atomic E-state index is 0.316. The molecule has 1 aromatic carbocycles. The highest BCUT2D eigenvalue weighted by Gasteiger charge is 2.46. The summed E-state index contributed by atoms with van der Waals surface area (Å²) < 4.78 is 19.2. The summed E-state index contributed by atoms with van der Waals surface area (Å²) in [6.45, 7) is 1.48. The summed E-state index contributed by atoms with van der Waals surface area (Å²) in [5.41, 5.74) is 0.454. The molecule has 4 rings (SSSR count). The molecule has 26 heavy (non-hydrogen) atoms. The zero-order valence-corrected chi connectivity index (χ0v) is 16.3. The topological polar surface area (TPSA) is 76.1 Å². The summed E-state index contributed by atoms with van der Waals surface area (Å²) in [4.78, 5) is 12.4. The monoisotopic (exact) mass is 440 g/mol. The molecular formula is C17H18BrFN4O2S. The molecule has 9 heteroatoms. The zero-order chi connectivity index (χ0) is 18.1. The summed E-state index contributed by atoms with van der Waals surface area (Å²) in [6, 6.07) is 4.51. The number of amides is 2. The molecule has 2 aromatic rings. The molecule has 1 saturated carbocycles. The van der Waals surface area contributed by atoms with Crippen LogP contribution in [0.1, 0.15) is 42.2 Å². The van der Waals surface area contributed by atoms with Crippen LogP contribution in [0, 0.1) is 5.82 Å². The van der Waals surface area contributed by atoms with E-state index in [0.29, 0.717) is 15.5 Å². The number of anilines is 1. The van der Waals surface area contributed by atoms with Gasteiger partial charge in [0.05, 0.1) is 10.0 Å². The third-order valence-electron chi connectivity index (χ3n) is 4.81. The fourth-order valence-corrected chi connectivity index (χ4v) is 4.43. The van der Waals surface area contributed by atoms with E-state index in [1.165, 1.54) is 17.4 Å². The van der Waals surface area contributed by atoms with Crippen molar-refractivity contribution in [3.63, 3.8) is 0 Å². The summed E-state index contributed by atoms with van der Waals surface area (Å²) in [7, 11) is 0. The van der Waals surface area contributed by atoms with Crippen molar-refractivity contribution in [1.82, 2.24) is 15.5 Å². The second-order valence-electron chi connectivity index (χ2n) is 6.62. The number of hydrogen-bond donors (Lipinski definition) is 2. The average molecular weight is 441 g/mol. The smallest absolute Gasteiger partial charge is 0.321 e. The SMILES string of the molecule is O=C(Nc1nnc(C2CCOCC2)s1)NC1(c2ccc(F)c(Br)c2)CC1. The largest absolute Gasteiger partial charge is 0.381 e. The average Bonchev–Trinajstić information content (AvgIpc) is 3.26. The highest BCUT2D eigenvalue weighted by atomic mass is 79.9. The Bertz CT molecular complexity index is 821. The lowest BCUT2D eigenvalue weighted by atomic mass is 10.0. The van der Waals surface area contributed by atoms with E-state index >= 15 is 0 Å². The number of urea groups is 1. The van der Waals surface area contributed by atoms with Crippen molar-refractivity contribution in [1.29, 1.82) is 0 Å². The van der Waals surface area contributed by atoms with Gasteiger partial charge in [-0.25, -0.2) is 9.18 Å². The maximum Gasteiger partial charge on any atom is 0.321 e. The van der Waals surface area contributed by atoms with Crippen molar-refractivity contribution in [3.8, 4) is 0 Å². The highest BCUT2D eigenvalue weighted by Crippen LogP contribution is 2.46. The first-order chi connectivity index (χ1) is 12.6. The molecule has 6 nitrogen and oxygen atoms in total. The van der Waals surface area contributed by atoms with Crippen LogP contribution in [-0.2, 0) is 10.3 Å². The number of ether oxygens (including phenoxy) is 1. The Labute approximate surface area is 162 Å². The van der Waals surface area contributed by atoms with E-state index < -0.39 is 5.54 Å². The van der Waals surface area contributed by atoms with Crippen LogP contribution in [-0.4, -0.2) is 29.4 Å².